The quantitative estimate of drug-likeness (QED) is 0.923. The molecule has 1 saturated heterocycles. The molecule has 1 aromatic heterocycles. The van der Waals surface area contributed by atoms with Crippen molar-refractivity contribution < 1.29 is 22.6 Å². The molecule has 1 aliphatic rings. The third kappa shape index (κ3) is 3.30. The van der Waals surface area contributed by atoms with Crippen LogP contribution >= 0.6 is 0 Å². The van der Waals surface area contributed by atoms with Gasteiger partial charge in [0, 0.05) is 0 Å². The average molecular weight is 292 g/mol. The van der Waals surface area contributed by atoms with E-state index in [1.54, 1.807) is 5.10 Å². The molecule has 112 valence electrons. The number of ether oxygens (including phenoxy) is 2. The molecule has 2 heterocycles. The second-order valence-electron chi connectivity index (χ2n) is 4.61. The van der Waals surface area contributed by atoms with Crippen LogP contribution in [-0.4, -0.2) is 29.0 Å². The van der Waals surface area contributed by atoms with Crippen LogP contribution in [0.3, 0.4) is 0 Å². The van der Waals surface area contributed by atoms with E-state index >= 15 is 0 Å². The van der Waals surface area contributed by atoms with Crippen molar-refractivity contribution in [3.05, 3.63) is 22.1 Å². The normalized spacial score (nSPS) is 23.0. The van der Waals surface area contributed by atoms with Crippen LogP contribution in [0.2, 0.25) is 0 Å². The van der Waals surface area contributed by atoms with Crippen molar-refractivity contribution in [1.29, 1.82) is 0 Å². The van der Waals surface area contributed by atoms with Crippen molar-refractivity contribution in [2.24, 2.45) is 0 Å². The fourth-order valence-corrected chi connectivity index (χ4v) is 2.15. The molecule has 0 radical (unpaired) electrons. The minimum Gasteiger partial charge on any atom is -0.488 e. The highest BCUT2D eigenvalue weighted by Crippen LogP contribution is 2.33. The van der Waals surface area contributed by atoms with Crippen LogP contribution in [0, 0.1) is 0 Å². The van der Waals surface area contributed by atoms with E-state index in [0.717, 1.165) is 25.5 Å². The molecule has 1 aliphatic heterocycles. The molecule has 0 spiro atoms. The van der Waals surface area contributed by atoms with Gasteiger partial charge in [-0.3, -0.25) is 4.79 Å². The zero-order valence-electron chi connectivity index (χ0n) is 10.9. The number of nitrogens with one attached hydrogen (secondary N) is 1. The second kappa shape index (κ2) is 5.82. The molecule has 0 bridgehead atoms. The van der Waals surface area contributed by atoms with Crippen LogP contribution < -0.4 is 10.3 Å². The molecule has 8 heteroatoms. The zero-order chi connectivity index (χ0) is 14.8. The van der Waals surface area contributed by atoms with Gasteiger partial charge in [-0.25, -0.2) is 5.10 Å². The lowest BCUT2D eigenvalue weighted by atomic mass is 10.2. The fourth-order valence-electron chi connectivity index (χ4n) is 2.15. The number of hydrogen-bond acceptors (Lipinski definition) is 4. The Morgan fingerprint density at radius 3 is 2.75 bits per heavy atom. The van der Waals surface area contributed by atoms with E-state index in [9.17, 15) is 18.0 Å². The summed E-state index contributed by atoms with van der Waals surface area (Å²) in [5.41, 5.74) is -2.67. The first-order valence-electron chi connectivity index (χ1n) is 6.35. The standard InChI is InChI=1S/C12H15F3N2O3/c1-2-7-3-4-8(20-7)6-19-9-5-16-17-11(18)10(9)12(13,14)15/h5,7-8H,2-4,6H2,1H3,(H,17,18). The number of nitrogens with zero attached hydrogens (tertiary/aromatic N) is 1. The Balaban J connectivity index is 2.07. The summed E-state index contributed by atoms with van der Waals surface area (Å²) in [4.78, 5) is 11.2. The van der Waals surface area contributed by atoms with Crippen LogP contribution in [0.25, 0.3) is 0 Å². The highest BCUT2D eigenvalue weighted by molar-refractivity contribution is 5.30. The van der Waals surface area contributed by atoms with Gasteiger partial charge in [-0.15, -0.1) is 0 Å². The molecular formula is C12H15F3N2O3. The minimum atomic E-state index is -4.78. The van der Waals surface area contributed by atoms with Crippen molar-refractivity contribution in [1.82, 2.24) is 10.2 Å². The largest absolute Gasteiger partial charge is 0.488 e. The van der Waals surface area contributed by atoms with Gasteiger partial charge >= 0.3 is 6.18 Å². The van der Waals surface area contributed by atoms with E-state index in [0.29, 0.717) is 0 Å². The molecule has 1 N–H and O–H groups in total. The molecule has 0 aliphatic carbocycles. The van der Waals surface area contributed by atoms with Crippen LogP contribution in [-0.2, 0) is 10.9 Å². The van der Waals surface area contributed by atoms with Crippen LogP contribution in [0.15, 0.2) is 11.0 Å². The number of aromatic nitrogens is 2. The Kier molecular flexibility index (Phi) is 4.32. The Morgan fingerprint density at radius 1 is 1.45 bits per heavy atom. The van der Waals surface area contributed by atoms with Gasteiger partial charge in [-0.1, -0.05) is 6.92 Å². The summed E-state index contributed by atoms with van der Waals surface area (Å²) in [6, 6.07) is 0. The molecule has 1 aromatic rings. The lowest BCUT2D eigenvalue weighted by molar-refractivity contribution is -0.140. The molecule has 0 amide bonds. The molecule has 1 fully saturated rings. The van der Waals surface area contributed by atoms with Gasteiger partial charge < -0.3 is 9.47 Å². The number of rotatable bonds is 4. The van der Waals surface area contributed by atoms with Crippen molar-refractivity contribution in [3.63, 3.8) is 0 Å². The summed E-state index contributed by atoms with van der Waals surface area (Å²) in [5.74, 6) is -0.565. The molecule has 2 atom stereocenters. The lowest BCUT2D eigenvalue weighted by Gasteiger charge is -2.15. The van der Waals surface area contributed by atoms with E-state index in [4.69, 9.17) is 9.47 Å². The number of aromatic amines is 1. The fraction of sp³-hybridized carbons (Fsp3) is 0.667. The van der Waals surface area contributed by atoms with Gasteiger partial charge in [0.25, 0.3) is 5.56 Å². The van der Waals surface area contributed by atoms with Gasteiger partial charge in [-0.2, -0.15) is 18.3 Å². The molecule has 0 aromatic carbocycles. The summed E-state index contributed by atoms with van der Waals surface area (Å²) in [6.07, 6.45) is -1.59. The topological polar surface area (TPSA) is 64.2 Å². The number of hydrogen-bond donors (Lipinski definition) is 1. The SMILES string of the molecule is CCC1CCC(COc2cn[nH]c(=O)c2C(F)(F)F)O1. The summed E-state index contributed by atoms with van der Waals surface area (Å²) >= 11 is 0. The maximum Gasteiger partial charge on any atom is 0.425 e. The molecule has 2 rings (SSSR count). The monoisotopic (exact) mass is 292 g/mol. The van der Waals surface area contributed by atoms with E-state index in [2.05, 4.69) is 5.10 Å². The predicted octanol–water partition coefficient (Wildman–Crippen LogP) is 2.13. The Labute approximate surface area is 113 Å². The van der Waals surface area contributed by atoms with Gasteiger partial charge in [0.1, 0.15) is 6.61 Å². The van der Waals surface area contributed by atoms with Gasteiger partial charge in [-0.05, 0) is 19.3 Å². The summed E-state index contributed by atoms with van der Waals surface area (Å²) in [5, 5.41) is 5.09. The van der Waals surface area contributed by atoms with Crippen molar-refractivity contribution in [3.8, 4) is 5.75 Å². The first-order valence-corrected chi connectivity index (χ1v) is 6.35. The van der Waals surface area contributed by atoms with Crippen molar-refractivity contribution >= 4 is 0 Å². The number of halogens is 3. The number of H-pyrrole nitrogens is 1. The third-order valence-corrected chi connectivity index (χ3v) is 3.18. The minimum absolute atomic E-state index is 0.0231. The maximum atomic E-state index is 12.8. The van der Waals surface area contributed by atoms with Gasteiger partial charge in [0.15, 0.2) is 11.3 Å². The number of alkyl halides is 3. The van der Waals surface area contributed by atoms with E-state index in [1.165, 1.54) is 0 Å². The van der Waals surface area contributed by atoms with Crippen LogP contribution in [0.4, 0.5) is 13.2 Å². The molecule has 20 heavy (non-hydrogen) atoms. The summed E-state index contributed by atoms with van der Waals surface area (Å²) < 4.78 is 49.0. The van der Waals surface area contributed by atoms with Crippen LogP contribution in [0.5, 0.6) is 5.75 Å². The highest BCUT2D eigenvalue weighted by Gasteiger charge is 2.38. The maximum absolute atomic E-state index is 12.8. The highest BCUT2D eigenvalue weighted by atomic mass is 19.4. The molecular weight excluding hydrogens is 277 g/mol. The molecule has 0 saturated carbocycles. The predicted molar refractivity (Wildman–Crippen MR) is 63.5 cm³/mol. The average Bonchev–Trinajstić information content (AvgIpc) is 2.82. The lowest BCUT2D eigenvalue weighted by Crippen LogP contribution is -2.26. The second-order valence-corrected chi connectivity index (χ2v) is 4.61. The zero-order valence-corrected chi connectivity index (χ0v) is 10.9. The van der Waals surface area contributed by atoms with Crippen molar-refractivity contribution in [2.45, 2.75) is 44.6 Å². The Hall–Kier alpha value is -1.57. The molecule has 2 unspecified atom stereocenters. The van der Waals surface area contributed by atoms with Crippen LogP contribution in [0.1, 0.15) is 31.7 Å². The van der Waals surface area contributed by atoms with Gasteiger partial charge in [0.05, 0.1) is 18.4 Å². The summed E-state index contributed by atoms with van der Waals surface area (Å²) in [6.45, 7) is 1.96. The third-order valence-electron chi connectivity index (χ3n) is 3.18. The van der Waals surface area contributed by atoms with E-state index in [-0.39, 0.29) is 18.8 Å². The first kappa shape index (κ1) is 14.8. The first-order chi connectivity index (χ1) is 9.41. The summed E-state index contributed by atoms with van der Waals surface area (Å²) in [7, 11) is 0. The van der Waals surface area contributed by atoms with Gasteiger partial charge in [0.2, 0.25) is 0 Å². The van der Waals surface area contributed by atoms with E-state index < -0.39 is 23.0 Å². The smallest absolute Gasteiger partial charge is 0.425 e. The Bertz CT molecular complexity index is 515. The Morgan fingerprint density at radius 2 is 2.15 bits per heavy atom. The van der Waals surface area contributed by atoms with Crippen molar-refractivity contribution in [2.75, 3.05) is 6.61 Å². The molecule has 5 nitrogen and oxygen atoms in total. The van der Waals surface area contributed by atoms with E-state index in [1.807, 2.05) is 6.92 Å².